The van der Waals surface area contributed by atoms with Crippen molar-refractivity contribution in [3.05, 3.63) is 0 Å². The molecule has 2 fully saturated rings. The number of nitrogens with one attached hydrogen (secondary N) is 4. The van der Waals surface area contributed by atoms with Crippen molar-refractivity contribution in [3.63, 3.8) is 0 Å². The van der Waals surface area contributed by atoms with Gasteiger partial charge in [-0.3, -0.25) is 28.9 Å². The number of Topliss-reactive ketones (excluding diaryl/α,β-unsaturated/α-hetero) is 1. The van der Waals surface area contributed by atoms with Crippen LogP contribution in [-0.4, -0.2) is 143 Å². The van der Waals surface area contributed by atoms with Crippen LogP contribution in [0.3, 0.4) is 0 Å². The van der Waals surface area contributed by atoms with E-state index in [9.17, 15) is 50.3 Å². The van der Waals surface area contributed by atoms with Crippen LogP contribution in [0.1, 0.15) is 27.2 Å². The molecule has 2 rings (SSSR count). The maximum Gasteiger partial charge on any atom is 0.384 e. The largest absolute Gasteiger partial charge is 0.384 e. The zero-order chi connectivity index (χ0) is 36.4. The van der Waals surface area contributed by atoms with Crippen molar-refractivity contribution in [2.45, 2.75) is 75.8 Å². The predicted molar refractivity (Wildman–Crippen MR) is 150 cm³/mol. The first-order chi connectivity index (χ1) is 22.3. The molecule has 5 atom stereocenters. The van der Waals surface area contributed by atoms with E-state index < -0.39 is 84.6 Å². The molecule has 2 heterocycles. The highest BCUT2D eigenvalue weighted by molar-refractivity contribution is 5.99. The van der Waals surface area contributed by atoms with E-state index in [0.717, 1.165) is 0 Å². The summed E-state index contributed by atoms with van der Waals surface area (Å²) in [5, 5.41) is 6.98. The number of ether oxygens (including phenoxy) is 5. The minimum atomic E-state index is -4.66. The third kappa shape index (κ3) is 12.1. The summed E-state index contributed by atoms with van der Waals surface area (Å²) in [4.78, 5) is 66.2. The van der Waals surface area contributed by atoms with Gasteiger partial charge in [-0.25, -0.2) is 0 Å². The minimum absolute atomic E-state index is 0.00477. The fourth-order valence-electron chi connectivity index (χ4n) is 4.44. The SMILES string of the molecule is COC(F)(F)[C@@H](NC(=O)[C@H](COC(F)F)NC(=O)CN1CCOCC1)C(=O)N[C@@H](C(=O)N[C@@H](CC(C)C)C(=O)[C@@]1(C)CO1)C(F)(F)OC. The highest BCUT2D eigenvalue weighted by atomic mass is 19.3. The van der Waals surface area contributed by atoms with Crippen molar-refractivity contribution >= 4 is 29.4 Å². The van der Waals surface area contributed by atoms with E-state index in [1.165, 1.54) is 17.6 Å². The molecule has 2 aliphatic rings. The van der Waals surface area contributed by atoms with Crippen LogP contribution < -0.4 is 21.3 Å². The van der Waals surface area contributed by atoms with E-state index in [4.69, 9.17) is 9.47 Å². The van der Waals surface area contributed by atoms with Crippen LogP contribution in [0.4, 0.5) is 26.3 Å². The maximum absolute atomic E-state index is 14.9. The fourth-order valence-corrected chi connectivity index (χ4v) is 4.44. The Balaban J connectivity index is 2.31. The van der Waals surface area contributed by atoms with Gasteiger partial charge < -0.3 is 45.0 Å². The molecule has 0 saturated carbocycles. The van der Waals surface area contributed by atoms with Gasteiger partial charge in [0.05, 0.1) is 39.0 Å². The van der Waals surface area contributed by atoms with Crippen molar-refractivity contribution < 1.29 is 74.0 Å². The normalized spacial score (nSPS) is 21.2. The lowest BCUT2D eigenvalue weighted by atomic mass is 9.93. The lowest BCUT2D eigenvalue weighted by Gasteiger charge is -2.31. The number of epoxide rings is 1. The van der Waals surface area contributed by atoms with Crippen LogP contribution in [-0.2, 0) is 47.7 Å². The minimum Gasteiger partial charge on any atom is -0.379 e. The van der Waals surface area contributed by atoms with Crippen molar-refractivity contribution in [3.8, 4) is 0 Å². The van der Waals surface area contributed by atoms with Crippen LogP contribution in [0.15, 0.2) is 0 Å². The summed E-state index contributed by atoms with van der Waals surface area (Å²) in [6.07, 6.45) is -9.28. The van der Waals surface area contributed by atoms with E-state index in [2.05, 4.69) is 19.5 Å². The van der Waals surface area contributed by atoms with Crippen LogP contribution in [0.2, 0.25) is 0 Å². The fraction of sp³-hybridized carbons (Fsp3) is 0.815. The molecule has 0 unspecified atom stereocenters. The lowest BCUT2D eigenvalue weighted by molar-refractivity contribution is -0.247. The Bertz CT molecular complexity index is 1140. The van der Waals surface area contributed by atoms with Gasteiger partial charge in [0.15, 0.2) is 17.9 Å². The van der Waals surface area contributed by atoms with E-state index in [1.807, 2.05) is 5.32 Å². The summed E-state index contributed by atoms with van der Waals surface area (Å²) in [5.74, 6) is -7.36. The van der Waals surface area contributed by atoms with Crippen LogP contribution in [0.5, 0.6) is 0 Å². The van der Waals surface area contributed by atoms with Crippen LogP contribution in [0.25, 0.3) is 0 Å². The Kier molecular flexibility index (Phi) is 15.0. The zero-order valence-corrected chi connectivity index (χ0v) is 26.9. The number of ketones is 1. The van der Waals surface area contributed by atoms with E-state index in [-0.39, 0.29) is 38.7 Å². The Morgan fingerprint density at radius 3 is 1.79 bits per heavy atom. The molecule has 4 N–H and O–H groups in total. The molecule has 15 nitrogen and oxygen atoms in total. The number of carbonyl (C=O) groups is 5. The Morgan fingerprint density at radius 2 is 1.33 bits per heavy atom. The molecule has 4 amide bonds. The number of halogens is 6. The molecule has 0 aromatic heterocycles. The molecule has 0 spiro atoms. The number of alkyl halides is 6. The summed E-state index contributed by atoms with van der Waals surface area (Å²) < 4.78 is 107. The Labute approximate surface area is 272 Å². The zero-order valence-electron chi connectivity index (χ0n) is 26.9. The number of carbonyl (C=O) groups excluding carboxylic acids is 5. The molecule has 0 radical (unpaired) electrons. The van der Waals surface area contributed by atoms with E-state index in [0.29, 0.717) is 27.3 Å². The van der Waals surface area contributed by atoms with Gasteiger partial charge in [0.1, 0.15) is 11.6 Å². The predicted octanol–water partition coefficient (Wildman–Crippen LogP) is -0.620. The van der Waals surface area contributed by atoms with Crippen LogP contribution >= 0.6 is 0 Å². The molecule has 48 heavy (non-hydrogen) atoms. The number of hydrogen-bond acceptors (Lipinski definition) is 11. The van der Waals surface area contributed by atoms with E-state index >= 15 is 0 Å². The van der Waals surface area contributed by atoms with Crippen molar-refractivity contribution in [2.24, 2.45) is 5.92 Å². The average Bonchev–Trinajstić information content (AvgIpc) is 3.77. The Morgan fingerprint density at radius 1 is 0.833 bits per heavy atom. The van der Waals surface area contributed by atoms with Crippen molar-refractivity contribution in [2.75, 3.05) is 60.3 Å². The first-order valence-corrected chi connectivity index (χ1v) is 14.7. The summed E-state index contributed by atoms with van der Waals surface area (Å²) in [6, 6.07) is -9.73. The molecule has 0 aromatic rings. The number of hydrogen-bond donors (Lipinski definition) is 4. The van der Waals surface area contributed by atoms with E-state index in [1.54, 1.807) is 18.7 Å². The Hall–Kier alpha value is -3.11. The third-order valence-corrected chi connectivity index (χ3v) is 7.26. The first-order valence-electron chi connectivity index (χ1n) is 14.7. The first kappa shape index (κ1) is 41.1. The van der Waals surface area contributed by atoms with Gasteiger partial charge in [-0.05, 0) is 19.3 Å². The highest BCUT2D eigenvalue weighted by Crippen LogP contribution is 2.30. The number of morpholine rings is 1. The number of rotatable bonds is 20. The quantitative estimate of drug-likeness (QED) is 0.0933. The van der Waals surface area contributed by atoms with Gasteiger partial charge in [0.2, 0.25) is 11.8 Å². The molecule has 0 aromatic carbocycles. The number of methoxy groups -OCH3 is 2. The standard InChI is InChI=1S/C27H41F6N5O10/c1-14(2)10-15(20(40)25(3)13-48-25)35-22(42)18(26(30,31)44-4)37-23(43)19(27(32,33)45-5)36-21(41)16(12-47-24(28)29)34-17(39)11-38-6-8-46-9-7-38/h14-16,18-19,24H,6-13H2,1-5H3,(H,34,39)(H,35,42)(H,36,41)(H,37,43)/t15-,16-,18-,19-,25+/m0/s1. The second-order valence-electron chi connectivity index (χ2n) is 11.6. The van der Waals surface area contributed by atoms with Gasteiger partial charge in [0, 0.05) is 27.3 Å². The molecule has 276 valence electrons. The smallest absolute Gasteiger partial charge is 0.379 e. The number of nitrogens with zero attached hydrogens (tertiary/aromatic N) is 1. The van der Waals surface area contributed by atoms with Gasteiger partial charge in [-0.15, -0.1) is 0 Å². The summed E-state index contributed by atoms with van der Waals surface area (Å²) >= 11 is 0. The number of amides is 4. The third-order valence-electron chi connectivity index (χ3n) is 7.26. The second kappa shape index (κ2) is 17.5. The van der Waals surface area contributed by atoms with Crippen molar-refractivity contribution in [1.29, 1.82) is 0 Å². The van der Waals surface area contributed by atoms with Gasteiger partial charge in [-0.1, -0.05) is 13.8 Å². The molecule has 0 bridgehead atoms. The highest BCUT2D eigenvalue weighted by Gasteiger charge is 2.54. The topological polar surface area (TPSA) is 186 Å². The molecule has 0 aliphatic carbocycles. The summed E-state index contributed by atoms with van der Waals surface area (Å²) in [7, 11) is 0.836. The molecule has 21 heteroatoms. The maximum atomic E-state index is 14.9. The van der Waals surface area contributed by atoms with Gasteiger partial charge >= 0.3 is 18.8 Å². The second-order valence-corrected chi connectivity index (χ2v) is 11.6. The summed E-state index contributed by atoms with van der Waals surface area (Å²) in [6.45, 7) is 0.814. The monoisotopic (exact) mass is 709 g/mol. The van der Waals surface area contributed by atoms with Crippen molar-refractivity contribution in [1.82, 2.24) is 26.2 Å². The molecule has 2 saturated heterocycles. The molecular weight excluding hydrogens is 668 g/mol. The summed E-state index contributed by atoms with van der Waals surface area (Å²) in [5.41, 5.74) is -1.30. The van der Waals surface area contributed by atoms with Gasteiger partial charge in [-0.2, -0.15) is 26.3 Å². The average molecular weight is 710 g/mol. The lowest BCUT2D eigenvalue weighted by Crippen LogP contribution is -2.66. The van der Waals surface area contributed by atoms with Crippen LogP contribution in [0, 0.1) is 5.92 Å². The van der Waals surface area contributed by atoms with Gasteiger partial charge in [0.25, 0.3) is 11.8 Å². The molecular formula is C27H41F6N5O10. The molecule has 2 aliphatic heterocycles.